The van der Waals surface area contributed by atoms with Crippen LogP contribution >= 0.6 is 0 Å². The lowest BCUT2D eigenvalue weighted by atomic mass is 10.1. The molecule has 1 fully saturated rings. The molecule has 0 atom stereocenters. The minimum atomic E-state index is -0.179. The van der Waals surface area contributed by atoms with Crippen molar-refractivity contribution >= 4 is 11.7 Å². The van der Waals surface area contributed by atoms with Gasteiger partial charge in [0.1, 0.15) is 0 Å². The fraction of sp³-hybridized carbons (Fsp3) is 0.562. The second-order valence-corrected chi connectivity index (χ2v) is 5.47. The van der Waals surface area contributed by atoms with Crippen LogP contribution in [0.4, 0.5) is 10.5 Å². The third kappa shape index (κ3) is 4.53. The summed E-state index contributed by atoms with van der Waals surface area (Å²) in [6, 6.07) is 5.42. The largest absolute Gasteiger partial charge is 0.493 e. The first-order chi connectivity index (χ1) is 10.6. The number of benzene rings is 1. The molecule has 22 heavy (non-hydrogen) atoms. The summed E-state index contributed by atoms with van der Waals surface area (Å²) in [5, 5.41) is 5.87. The molecular formula is C16H25N3O3. The Morgan fingerprint density at radius 1 is 1.32 bits per heavy atom. The highest BCUT2D eigenvalue weighted by molar-refractivity contribution is 5.89. The number of carbonyl (C=O) groups excluding carboxylic acids is 1. The van der Waals surface area contributed by atoms with Gasteiger partial charge in [0.05, 0.1) is 13.7 Å². The molecule has 2 rings (SSSR count). The van der Waals surface area contributed by atoms with Crippen molar-refractivity contribution in [3.8, 4) is 11.5 Å². The Morgan fingerprint density at radius 3 is 2.68 bits per heavy atom. The van der Waals surface area contributed by atoms with Crippen LogP contribution in [0.2, 0.25) is 0 Å². The van der Waals surface area contributed by atoms with Crippen LogP contribution in [0, 0.1) is 0 Å². The normalized spacial score (nSPS) is 16.1. The zero-order valence-corrected chi connectivity index (χ0v) is 13.5. The molecule has 0 bridgehead atoms. The highest BCUT2D eigenvalue weighted by Crippen LogP contribution is 2.30. The Morgan fingerprint density at radius 2 is 2.05 bits per heavy atom. The van der Waals surface area contributed by atoms with Gasteiger partial charge in [-0.25, -0.2) is 4.79 Å². The number of hydrogen-bond acceptors (Lipinski definition) is 4. The van der Waals surface area contributed by atoms with E-state index in [2.05, 4.69) is 22.6 Å². The van der Waals surface area contributed by atoms with Crippen LogP contribution in [0.3, 0.4) is 0 Å². The van der Waals surface area contributed by atoms with E-state index in [0.29, 0.717) is 23.8 Å². The number of anilines is 1. The Balaban J connectivity index is 1.92. The van der Waals surface area contributed by atoms with Crippen LogP contribution in [0.25, 0.3) is 0 Å². The molecular weight excluding hydrogens is 282 g/mol. The molecule has 122 valence electrons. The zero-order chi connectivity index (χ0) is 15.9. The molecule has 1 aliphatic rings. The van der Waals surface area contributed by atoms with Gasteiger partial charge in [-0.3, -0.25) is 0 Å². The van der Waals surface area contributed by atoms with Crippen molar-refractivity contribution in [2.45, 2.75) is 25.8 Å². The standard InChI is InChI=1S/C16H25N3O3/c1-4-22-15-11-13(5-6-14(15)21-3)18-16(20)17-12-7-9-19(2)10-8-12/h5-6,11-12H,4,7-10H2,1-3H3,(H2,17,18,20). The summed E-state index contributed by atoms with van der Waals surface area (Å²) < 4.78 is 10.7. The van der Waals surface area contributed by atoms with Gasteiger partial charge in [0.2, 0.25) is 0 Å². The quantitative estimate of drug-likeness (QED) is 0.876. The van der Waals surface area contributed by atoms with Crippen LogP contribution in [0.1, 0.15) is 19.8 Å². The highest BCUT2D eigenvalue weighted by Gasteiger charge is 2.18. The van der Waals surface area contributed by atoms with E-state index in [1.807, 2.05) is 6.92 Å². The summed E-state index contributed by atoms with van der Waals surface area (Å²) in [6.07, 6.45) is 1.97. The first kappa shape index (κ1) is 16.4. The monoisotopic (exact) mass is 307 g/mol. The van der Waals surface area contributed by atoms with Crippen molar-refractivity contribution in [3.63, 3.8) is 0 Å². The SMILES string of the molecule is CCOc1cc(NC(=O)NC2CCN(C)CC2)ccc1OC. The first-order valence-corrected chi connectivity index (χ1v) is 7.69. The number of ether oxygens (including phenoxy) is 2. The minimum Gasteiger partial charge on any atom is -0.493 e. The molecule has 2 N–H and O–H groups in total. The summed E-state index contributed by atoms with van der Waals surface area (Å²) in [4.78, 5) is 14.3. The molecule has 0 saturated carbocycles. The van der Waals surface area contributed by atoms with E-state index < -0.39 is 0 Å². The average Bonchev–Trinajstić information content (AvgIpc) is 2.50. The lowest BCUT2D eigenvalue weighted by Gasteiger charge is -2.29. The second-order valence-electron chi connectivity index (χ2n) is 5.47. The van der Waals surface area contributed by atoms with Gasteiger partial charge in [-0.2, -0.15) is 0 Å². The zero-order valence-electron chi connectivity index (χ0n) is 13.5. The number of piperidine rings is 1. The third-order valence-corrected chi connectivity index (χ3v) is 3.78. The first-order valence-electron chi connectivity index (χ1n) is 7.69. The van der Waals surface area contributed by atoms with Crippen LogP contribution in [0.15, 0.2) is 18.2 Å². The van der Waals surface area contributed by atoms with E-state index in [9.17, 15) is 4.79 Å². The number of amides is 2. The van der Waals surface area contributed by atoms with Crippen LogP contribution < -0.4 is 20.1 Å². The Kier molecular flexibility index (Phi) is 5.89. The van der Waals surface area contributed by atoms with E-state index in [1.165, 1.54) is 0 Å². The fourth-order valence-electron chi connectivity index (χ4n) is 2.53. The Labute approximate surface area is 131 Å². The predicted molar refractivity (Wildman–Crippen MR) is 86.8 cm³/mol. The Hall–Kier alpha value is -1.95. The van der Waals surface area contributed by atoms with Gasteiger partial charge in [0, 0.05) is 17.8 Å². The third-order valence-electron chi connectivity index (χ3n) is 3.78. The molecule has 0 unspecified atom stereocenters. The molecule has 0 aromatic heterocycles. The Bertz CT molecular complexity index is 499. The van der Waals surface area contributed by atoms with E-state index in [1.54, 1.807) is 25.3 Å². The molecule has 1 aromatic rings. The fourth-order valence-corrected chi connectivity index (χ4v) is 2.53. The molecule has 0 spiro atoms. The lowest BCUT2D eigenvalue weighted by Crippen LogP contribution is -2.44. The summed E-state index contributed by atoms with van der Waals surface area (Å²) in [5.41, 5.74) is 0.690. The molecule has 2 amide bonds. The van der Waals surface area contributed by atoms with Crippen molar-refractivity contribution in [1.29, 1.82) is 0 Å². The molecule has 1 heterocycles. The smallest absolute Gasteiger partial charge is 0.319 e. The molecule has 1 aliphatic heterocycles. The van der Waals surface area contributed by atoms with Gasteiger partial charge >= 0.3 is 6.03 Å². The molecule has 1 saturated heterocycles. The molecule has 1 aromatic carbocycles. The van der Waals surface area contributed by atoms with Crippen molar-refractivity contribution in [2.75, 3.05) is 39.2 Å². The van der Waals surface area contributed by atoms with Crippen molar-refractivity contribution in [3.05, 3.63) is 18.2 Å². The number of methoxy groups -OCH3 is 1. The molecule has 6 heteroatoms. The summed E-state index contributed by atoms with van der Waals surface area (Å²) in [6.45, 7) is 4.48. The number of carbonyl (C=O) groups is 1. The van der Waals surface area contributed by atoms with Crippen LogP contribution in [-0.2, 0) is 0 Å². The number of rotatable bonds is 5. The molecule has 0 radical (unpaired) electrons. The minimum absolute atomic E-state index is 0.179. The predicted octanol–water partition coefficient (Wildman–Crippen LogP) is 2.31. The topological polar surface area (TPSA) is 62.8 Å². The van der Waals surface area contributed by atoms with Crippen molar-refractivity contribution in [1.82, 2.24) is 10.2 Å². The highest BCUT2D eigenvalue weighted by atomic mass is 16.5. The summed E-state index contributed by atoms with van der Waals surface area (Å²) in [7, 11) is 3.70. The van der Waals surface area contributed by atoms with Gasteiger partial charge in [-0.15, -0.1) is 0 Å². The van der Waals surface area contributed by atoms with Gasteiger partial charge in [0.15, 0.2) is 11.5 Å². The number of likely N-dealkylation sites (tertiary alicyclic amines) is 1. The molecule has 6 nitrogen and oxygen atoms in total. The maximum Gasteiger partial charge on any atom is 0.319 e. The maximum atomic E-state index is 12.1. The van der Waals surface area contributed by atoms with Crippen molar-refractivity contribution < 1.29 is 14.3 Å². The van der Waals surface area contributed by atoms with E-state index >= 15 is 0 Å². The summed E-state index contributed by atoms with van der Waals surface area (Å²) >= 11 is 0. The summed E-state index contributed by atoms with van der Waals surface area (Å²) in [5.74, 6) is 1.28. The van der Waals surface area contributed by atoms with Crippen LogP contribution in [0.5, 0.6) is 11.5 Å². The number of urea groups is 1. The van der Waals surface area contributed by atoms with Gasteiger partial charge < -0.3 is 25.0 Å². The maximum absolute atomic E-state index is 12.1. The number of nitrogens with zero attached hydrogens (tertiary/aromatic N) is 1. The second kappa shape index (κ2) is 7.89. The van der Waals surface area contributed by atoms with Crippen LogP contribution in [-0.4, -0.2) is 50.8 Å². The number of nitrogens with one attached hydrogen (secondary N) is 2. The van der Waals surface area contributed by atoms with E-state index in [0.717, 1.165) is 25.9 Å². The van der Waals surface area contributed by atoms with E-state index in [-0.39, 0.29) is 12.1 Å². The average molecular weight is 307 g/mol. The van der Waals surface area contributed by atoms with Gasteiger partial charge in [-0.1, -0.05) is 0 Å². The van der Waals surface area contributed by atoms with Gasteiger partial charge in [-0.05, 0) is 52.0 Å². The van der Waals surface area contributed by atoms with Crippen molar-refractivity contribution in [2.24, 2.45) is 0 Å². The number of hydrogen-bond donors (Lipinski definition) is 2. The molecule has 0 aliphatic carbocycles. The lowest BCUT2D eigenvalue weighted by molar-refractivity contribution is 0.221. The van der Waals surface area contributed by atoms with Gasteiger partial charge in [0.25, 0.3) is 0 Å². The van der Waals surface area contributed by atoms with E-state index in [4.69, 9.17) is 9.47 Å².